The van der Waals surface area contributed by atoms with Gasteiger partial charge < -0.3 is 35.5 Å². The average Bonchev–Trinajstić information content (AvgIpc) is 2.38. The molecule has 0 saturated heterocycles. The first-order valence-electron chi connectivity index (χ1n) is 5.92. The van der Waals surface area contributed by atoms with E-state index in [2.05, 4.69) is 35.5 Å². The van der Waals surface area contributed by atoms with Crippen LogP contribution in [0.2, 0.25) is 0 Å². The van der Waals surface area contributed by atoms with Gasteiger partial charge in [0.1, 0.15) is 0 Å². The summed E-state index contributed by atoms with van der Waals surface area (Å²) in [6.45, 7) is 2.19. The van der Waals surface area contributed by atoms with Crippen LogP contribution in [0.25, 0.3) is 0 Å². The van der Waals surface area contributed by atoms with Crippen LogP contribution in [0.15, 0.2) is 0 Å². The van der Waals surface area contributed by atoms with Crippen LogP contribution < -0.4 is 21.3 Å². The van der Waals surface area contributed by atoms with Crippen molar-refractivity contribution in [1.29, 1.82) is 0 Å². The molecule has 0 radical (unpaired) electrons. The van der Waals surface area contributed by atoms with Gasteiger partial charge in [0.25, 0.3) is 0 Å². The Labute approximate surface area is 120 Å². The maximum Gasteiger partial charge on any atom is 0.411 e. The Morgan fingerprint density at radius 1 is 0.762 bits per heavy atom. The molecule has 0 aliphatic rings. The lowest BCUT2D eigenvalue weighted by molar-refractivity contribution is -0.119. The van der Waals surface area contributed by atoms with Crippen molar-refractivity contribution in [3.63, 3.8) is 0 Å². The van der Waals surface area contributed by atoms with Crippen molar-refractivity contribution in [2.45, 2.75) is 13.8 Å². The first-order valence-corrected chi connectivity index (χ1v) is 5.92. The molecule has 0 atom stereocenters. The minimum absolute atomic E-state index is 0.107. The van der Waals surface area contributed by atoms with Crippen LogP contribution in [0.5, 0.6) is 0 Å². The molecule has 0 fully saturated rings. The van der Waals surface area contributed by atoms with Gasteiger partial charge in [-0.15, -0.1) is 0 Å². The molecular formula is C10H18N4O7. The normalized spacial score (nSPS) is 9.05. The van der Waals surface area contributed by atoms with Crippen molar-refractivity contribution >= 4 is 24.2 Å². The summed E-state index contributed by atoms with van der Waals surface area (Å²) in [5.41, 5.74) is 0. The Morgan fingerprint density at radius 2 is 1.19 bits per heavy atom. The van der Waals surface area contributed by atoms with Crippen molar-refractivity contribution < 1.29 is 33.4 Å². The van der Waals surface area contributed by atoms with Crippen LogP contribution in [0.1, 0.15) is 13.8 Å². The SMILES string of the molecule is CCOC(=O)NCNC(=O)OCOC(=O)NCNC(C)=O. The fourth-order valence-corrected chi connectivity index (χ4v) is 0.850. The van der Waals surface area contributed by atoms with Crippen LogP contribution >= 0.6 is 0 Å². The Bertz CT molecular complexity index is 374. The molecule has 0 unspecified atom stereocenters. The standard InChI is InChI=1S/C10H18N4O7/c1-3-19-8(16)13-5-14-10(18)21-6-20-9(17)12-4-11-7(2)15/h3-6H2,1-2H3,(H,11,15)(H,12,17)(H,13,16)(H,14,18). The van der Waals surface area contributed by atoms with Crippen molar-refractivity contribution in [2.24, 2.45) is 0 Å². The summed E-state index contributed by atoms with van der Waals surface area (Å²) in [6, 6.07) is 0. The summed E-state index contributed by atoms with van der Waals surface area (Å²) in [5.74, 6) is -0.319. The fourth-order valence-electron chi connectivity index (χ4n) is 0.850. The highest BCUT2D eigenvalue weighted by atomic mass is 16.7. The molecular weight excluding hydrogens is 288 g/mol. The molecule has 4 N–H and O–H groups in total. The van der Waals surface area contributed by atoms with Gasteiger partial charge in [0.05, 0.1) is 19.9 Å². The van der Waals surface area contributed by atoms with E-state index in [1.54, 1.807) is 6.92 Å². The van der Waals surface area contributed by atoms with E-state index in [1.165, 1.54) is 6.92 Å². The van der Waals surface area contributed by atoms with Crippen LogP contribution in [0.4, 0.5) is 14.4 Å². The third-order valence-corrected chi connectivity index (χ3v) is 1.69. The number of ether oxygens (including phenoxy) is 3. The highest BCUT2D eigenvalue weighted by molar-refractivity contribution is 5.74. The largest absolute Gasteiger partial charge is 0.450 e. The zero-order valence-electron chi connectivity index (χ0n) is 11.7. The fraction of sp³-hybridized carbons (Fsp3) is 0.600. The molecule has 120 valence electrons. The molecule has 0 rings (SSSR count). The Morgan fingerprint density at radius 3 is 1.62 bits per heavy atom. The van der Waals surface area contributed by atoms with Gasteiger partial charge in [-0.3, -0.25) is 4.79 Å². The van der Waals surface area contributed by atoms with Crippen molar-refractivity contribution in [1.82, 2.24) is 21.3 Å². The van der Waals surface area contributed by atoms with Gasteiger partial charge in [-0.2, -0.15) is 0 Å². The molecule has 21 heavy (non-hydrogen) atoms. The molecule has 11 nitrogen and oxygen atoms in total. The highest BCUT2D eigenvalue weighted by Gasteiger charge is 2.06. The first kappa shape index (κ1) is 18.3. The Hall–Kier alpha value is -2.72. The number of alkyl carbamates (subject to hydrolysis) is 3. The second-order valence-electron chi connectivity index (χ2n) is 3.32. The summed E-state index contributed by atoms with van der Waals surface area (Å²) in [5, 5.41) is 8.86. The third kappa shape index (κ3) is 12.1. The average molecular weight is 306 g/mol. The Kier molecular flexibility index (Phi) is 9.69. The van der Waals surface area contributed by atoms with E-state index < -0.39 is 25.1 Å². The lowest BCUT2D eigenvalue weighted by Gasteiger charge is -2.09. The van der Waals surface area contributed by atoms with Gasteiger partial charge >= 0.3 is 18.3 Å². The summed E-state index contributed by atoms with van der Waals surface area (Å²) >= 11 is 0. The van der Waals surface area contributed by atoms with Gasteiger partial charge in [0.2, 0.25) is 12.7 Å². The Balaban J connectivity index is 3.54. The van der Waals surface area contributed by atoms with Crippen molar-refractivity contribution in [3.05, 3.63) is 0 Å². The lowest BCUT2D eigenvalue weighted by Crippen LogP contribution is -2.39. The smallest absolute Gasteiger partial charge is 0.411 e. The minimum atomic E-state index is -0.901. The number of amides is 4. The monoisotopic (exact) mass is 306 g/mol. The molecule has 0 aromatic rings. The topological polar surface area (TPSA) is 144 Å². The van der Waals surface area contributed by atoms with E-state index in [9.17, 15) is 19.2 Å². The third-order valence-electron chi connectivity index (χ3n) is 1.69. The highest BCUT2D eigenvalue weighted by Crippen LogP contribution is 1.82. The van der Waals surface area contributed by atoms with E-state index >= 15 is 0 Å². The number of hydrogen-bond donors (Lipinski definition) is 4. The number of carbonyl (C=O) groups excluding carboxylic acids is 4. The van der Waals surface area contributed by atoms with Crippen molar-refractivity contribution in [2.75, 3.05) is 26.7 Å². The second-order valence-corrected chi connectivity index (χ2v) is 3.32. The van der Waals surface area contributed by atoms with Gasteiger partial charge in [-0.1, -0.05) is 0 Å². The van der Waals surface area contributed by atoms with Crippen LogP contribution in [-0.4, -0.2) is 50.9 Å². The number of nitrogens with one attached hydrogen (secondary N) is 4. The number of carbonyl (C=O) groups is 4. The number of hydrogen-bond acceptors (Lipinski definition) is 7. The molecule has 0 spiro atoms. The molecule has 0 aromatic heterocycles. The van der Waals surface area contributed by atoms with Crippen LogP contribution in [-0.2, 0) is 19.0 Å². The van der Waals surface area contributed by atoms with Gasteiger partial charge in [-0.05, 0) is 6.92 Å². The first-order chi connectivity index (χ1) is 9.95. The second kappa shape index (κ2) is 11.1. The summed E-state index contributed by atoms with van der Waals surface area (Å²) in [6.07, 6.45) is -2.46. The summed E-state index contributed by atoms with van der Waals surface area (Å²) in [7, 11) is 0. The molecule has 0 bridgehead atoms. The zero-order chi connectivity index (χ0) is 16.1. The van der Waals surface area contributed by atoms with Crippen molar-refractivity contribution in [3.8, 4) is 0 Å². The van der Waals surface area contributed by atoms with Gasteiger partial charge in [-0.25, -0.2) is 14.4 Å². The lowest BCUT2D eigenvalue weighted by atomic mass is 10.7. The maximum atomic E-state index is 11.1. The van der Waals surface area contributed by atoms with Crippen LogP contribution in [0.3, 0.4) is 0 Å². The van der Waals surface area contributed by atoms with E-state index in [1.807, 2.05) is 0 Å². The summed E-state index contributed by atoms with van der Waals surface area (Å²) < 4.78 is 13.5. The van der Waals surface area contributed by atoms with Gasteiger partial charge in [0, 0.05) is 6.92 Å². The van der Waals surface area contributed by atoms with Crippen LogP contribution in [0, 0.1) is 0 Å². The van der Waals surface area contributed by atoms with Gasteiger partial charge in [0.15, 0.2) is 0 Å². The molecule has 0 aliphatic carbocycles. The zero-order valence-corrected chi connectivity index (χ0v) is 11.7. The maximum absolute atomic E-state index is 11.1. The van der Waals surface area contributed by atoms with E-state index in [0.29, 0.717) is 0 Å². The molecule has 0 saturated carbocycles. The van der Waals surface area contributed by atoms with E-state index in [-0.39, 0.29) is 25.9 Å². The number of rotatable bonds is 7. The molecule has 0 aromatic carbocycles. The quantitative estimate of drug-likeness (QED) is 0.450. The molecule has 0 heterocycles. The molecule has 0 aliphatic heterocycles. The predicted molar refractivity (Wildman–Crippen MR) is 67.8 cm³/mol. The molecule has 4 amide bonds. The van der Waals surface area contributed by atoms with E-state index in [4.69, 9.17) is 0 Å². The van der Waals surface area contributed by atoms with E-state index in [0.717, 1.165) is 0 Å². The minimum Gasteiger partial charge on any atom is -0.450 e. The predicted octanol–water partition coefficient (Wildman–Crippen LogP) is -0.806. The summed E-state index contributed by atoms with van der Waals surface area (Å²) in [4.78, 5) is 43.4. The molecule has 11 heteroatoms.